The number of amides is 1. The van der Waals surface area contributed by atoms with Crippen molar-refractivity contribution >= 4 is 17.2 Å². The first-order valence-electron chi connectivity index (χ1n) is 7.89. The SMILES string of the molecule is C[C@H]1[C@@H](O)CN1C(=O)c1coc(Cc2ccc(-c3cscn3)cn2)n1. The van der Waals surface area contributed by atoms with Crippen molar-refractivity contribution in [2.24, 2.45) is 0 Å². The molecule has 0 saturated carbocycles. The van der Waals surface area contributed by atoms with Gasteiger partial charge >= 0.3 is 0 Å². The van der Waals surface area contributed by atoms with Gasteiger partial charge in [-0.05, 0) is 19.1 Å². The van der Waals surface area contributed by atoms with Gasteiger partial charge in [-0.2, -0.15) is 0 Å². The number of aliphatic hydroxyl groups excluding tert-OH is 1. The molecule has 0 radical (unpaired) electrons. The van der Waals surface area contributed by atoms with Gasteiger partial charge in [0.2, 0.25) is 5.89 Å². The molecule has 128 valence electrons. The van der Waals surface area contributed by atoms with E-state index in [1.807, 2.05) is 17.5 Å². The van der Waals surface area contributed by atoms with E-state index in [9.17, 15) is 9.90 Å². The zero-order chi connectivity index (χ0) is 17.4. The molecule has 2 atom stereocenters. The van der Waals surface area contributed by atoms with Gasteiger partial charge in [-0.1, -0.05) is 0 Å². The number of pyridine rings is 1. The number of hydrogen-bond donors (Lipinski definition) is 1. The third-order valence-corrected chi connectivity index (χ3v) is 4.94. The highest BCUT2D eigenvalue weighted by atomic mass is 32.1. The Labute approximate surface area is 148 Å². The summed E-state index contributed by atoms with van der Waals surface area (Å²) >= 11 is 1.54. The maximum Gasteiger partial charge on any atom is 0.276 e. The predicted molar refractivity (Wildman–Crippen MR) is 91.2 cm³/mol. The lowest BCUT2D eigenvalue weighted by molar-refractivity contribution is -0.0360. The van der Waals surface area contributed by atoms with E-state index in [1.54, 1.807) is 34.9 Å². The molecule has 3 aromatic rings. The van der Waals surface area contributed by atoms with E-state index in [2.05, 4.69) is 15.0 Å². The second-order valence-corrected chi connectivity index (χ2v) is 6.70. The molecule has 25 heavy (non-hydrogen) atoms. The fourth-order valence-corrected chi connectivity index (χ4v) is 3.25. The minimum atomic E-state index is -0.462. The molecule has 1 aliphatic heterocycles. The molecule has 0 unspecified atom stereocenters. The number of nitrogens with zero attached hydrogens (tertiary/aromatic N) is 4. The van der Waals surface area contributed by atoms with Crippen LogP contribution in [0, 0.1) is 0 Å². The van der Waals surface area contributed by atoms with E-state index in [0.717, 1.165) is 17.0 Å². The maximum atomic E-state index is 12.3. The molecule has 0 spiro atoms. The van der Waals surface area contributed by atoms with Gasteiger partial charge < -0.3 is 14.4 Å². The normalized spacial score (nSPS) is 19.7. The van der Waals surface area contributed by atoms with Crippen LogP contribution in [-0.4, -0.2) is 49.6 Å². The van der Waals surface area contributed by atoms with Crippen LogP contribution in [0.4, 0.5) is 0 Å². The van der Waals surface area contributed by atoms with Crippen molar-refractivity contribution in [2.75, 3.05) is 6.54 Å². The second kappa shape index (κ2) is 6.38. The highest BCUT2D eigenvalue weighted by Gasteiger charge is 2.38. The fraction of sp³-hybridized carbons (Fsp3) is 0.294. The number of thiazole rings is 1. The van der Waals surface area contributed by atoms with Crippen LogP contribution in [0.25, 0.3) is 11.3 Å². The lowest BCUT2D eigenvalue weighted by atomic mass is 10.0. The molecule has 1 fully saturated rings. The highest BCUT2D eigenvalue weighted by Crippen LogP contribution is 2.21. The van der Waals surface area contributed by atoms with E-state index in [1.165, 1.54) is 6.26 Å². The molecule has 8 heteroatoms. The molecule has 7 nitrogen and oxygen atoms in total. The largest absolute Gasteiger partial charge is 0.448 e. The molecule has 0 aliphatic carbocycles. The molecule has 4 rings (SSSR count). The van der Waals surface area contributed by atoms with Gasteiger partial charge in [0.1, 0.15) is 6.26 Å². The smallest absolute Gasteiger partial charge is 0.276 e. The number of aromatic nitrogens is 3. The molecule has 0 bridgehead atoms. The zero-order valence-electron chi connectivity index (χ0n) is 13.5. The average molecular weight is 356 g/mol. The average Bonchev–Trinajstić information content (AvgIpc) is 3.31. The van der Waals surface area contributed by atoms with Crippen LogP contribution in [-0.2, 0) is 6.42 Å². The molecular formula is C17H16N4O3S. The Hall–Kier alpha value is -2.58. The molecule has 1 N–H and O–H groups in total. The van der Waals surface area contributed by atoms with E-state index < -0.39 is 6.10 Å². The lowest BCUT2D eigenvalue weighted by Gasteiger charge is -2.42. The number of carbonyl (C=O) groups is 1. The molecular weight excluding hydrogens is 340 g/mol. The fourth-order valence-electron chi connectivity index (χ4n) is 2.69. The van der Waals surface area contributed by atoms with Gasteiger partial charge in [0.05, 0.1) is 29.8 Å². The van der Waals surface area contributed by atoms with Gasteiger partial charge in [0.15, 0.2) is 5.69 Å². The Kier molecular flexibility index (Phi) is 4.06. The topological polar surface area (TPSA) is 92.3 Å². The van der Waals surface area contributed by atoms with Crippen molar-refractivity contribution in [3.05, 3.63) is 52.8 Å². The standard InChI is InChI=1S/C17H16N4O3S/c1-10-15(22)6-21(10)17(23)13-7-24-16(20-13)4-12-3-2-11(5-18-12)14-8-25-9-19-14/h2-3,5,7-10,15,22H,4,6H2,1H3/t10-,15-/m0/s1. The third kappa shape index (κ3) is 3.06. The van der Waals surface area contributed by atoms with Crippen molar-refractivity contribution in [1.82, 2.24) is 19.9 Å². The van der Waals surface area contributed by atoms with E-state index >= 15 is 0 Å². The van der Waals surface area contributed by atoms with Crippen molar-refractivity contribution < 1.29 is 14.3 Å². The number of rotatable bonds is 4. The van der Waals surface area contributed by atoms with Crippen LogP contribution in [0.15, 0.2) is 39.9 Å². The first-order chi connectivity index (χ1) is 12.1. The molecule has 1 aliphatic rings. The van der Waals surface area contributed by atoms with Crippen LogP contribution in [0.3, 0.4) is 0 Å². The molecule has 4 heterocycles. The number of β-amino-alcohol motifs (C(OH)–C–C–N with tert-alkyl or cyclic N) is 1. The van der Waals surface area contributed by atoms with E-state index in [4.69, 9.17) is 4.42 Å². The number of hydrogen-bond acceptors (Lipinski definition) is 7. The van der Waals surface area contributed by atoms with Crippen LogP contribution in [0.2, 0.25) is 0 Å². The summed E-state index contributed by atoms with van der Waals surface area (Å²) in [6, 6.07) is 3.66. The zero-order valence-corrected chi connectivity index (χ0v) is 14.3. The van der Waals surface area contributed by atoms with E-state index in [0.29, 0.717) is 18.9 Å². The van der Waals surface area contributed by atoms with Crippen molar-refractivity contribution in [1.29, 1.82) is 0 Å². The number of carbonyl (C=O) groups excluding carboxylic acids is 1. The minimum Gasteiger partial charge on any atom is -0.448 e. The monoisotopic (exact) mass is 356 g/mol. The summed E-state index contributed by atoms with van der Waals surface area (Å²) in [4.78, 5) is 26.8. The van der Waals surface area contributed by atoms with Crippen LogP contribution >= 0.6 is 11.3 Å². The maximum absolute atomic E-state index is 12.3. The Balaban J connectivity index is 1.43. The number of oxazole rings is 1. The third-order valence-electron chi connectivity index (χ3n) is 4.35. The van der Waals surface area contributed by atoms with Gasteiger partial charge in [-0.3, -0.25) is 9.78 Å². The van der Waals surface area contributed by atoms with Gasteiger partial charge in [-0.15, -0.1) is 11.3 Å². The number of likely N-dealkylation sites (tertiary alicyclic amines) is 1. The molecule has 1 amide bonds. The quantitative estimate of drug-likeness (QED) is 0.768. The summed E-state index contributed by atoms with van der Waals surface area (Å²) in [6.45, 7) is 2.14. The van der Waals surface area contributed by atoms with Gasteiger partial charge in [-0.25, -0.2) is 9.97 Å². The Morgan fingerprint density at radius 1 is 1.44 bits per heavy atom. The second-order valence-electron chi connectivity index (χ2n) is 5.98. The first kappa shape index (κ1) is 15.9. The summed E-state index contributed by atoms with van der Waals surface area (Å²) in [7, 11) is 0. The molecule has 0 aromatic carbocycles. The number of aliphatic hydroxyl groups is 1. The van der Waals surface area contributed by atoms with E-state index in [-0.39, 0.29) is 17.6 Å². The summed E-state index contributed by atoms with van der Waals surface area (Å²) in [5, 5.41) is 11.5. The Morgan fingerprint density at radius 3 is 2.96 bits per heavy atom. The molecule has 1 saturated heterocycles. The summed E-state index contributed by atoms with van der Waals surface area (Å²) in [5.41, 5.74) is 4.70. The van der Waals surface area contributed by atoms with Gasteiger partial charge in [0, 0.05) is 29.4 Å². The highest BCUT2D eigenvalue weighted by molar-refractivity contribution is 7.07. The summed E-state index contributed by atoms with van der Waals surface area (Å²) in [5.74, 6) is 0.214. The van der Waals surface area contributed by atoms with Gasteiger partial charge in [0.25, 0.3) is 5.91 Å². The first-order valence-corrected chi connectivity index (χ1v) is 8.83. The van der Waals surface area contributed by atoms with Crippen molar-refractivity contribution in [2.45, 2.75) is 25.5 Å². The Morgan fingerprint density at radius 2 is 2.32 bits per heavy atom. The van der Waals surface area contributed by atoms with Crippen LogP contribution in [0.5, 0.6) is 0 Å². The summed E-state index contributed by atoms with van der Waals surface area (Å²) in [6.07, 6.45) is 3.07. The lowest BCUT2D eigenvalue weighted by Crippen LogP contribution is -2.60. The van der Waals surface area contributed by atoms with Crippen LogP contribution in [0.1, 0.15) is 29.0 Å². The summed E-state index contributed by atoms with van der Waals surface area (Å²) < 4.78 is 5.40. The predicted octanol–water partition coefficient (Wildman–Crippen LogP) is 1.99. The minimum absolute atomic E-state index is 0.187. The van der Waals surface area contributed by atoms with Crippen molar-refractivity contribution in [3.8, 4) is 11.3 Å². The van der Waals surface area contributed by atoms with Crippen molar-refractivity contribution in [3.63, 3.8) is 0 Å². The molecule has 3 aromatic heterocycles. The van der Waals surface area contributed by atoms with Crippen LogP contribution < -0.4 is 0 Å². The Bertz CT molecular complexity index is 876.